The first-order valence-electron chi connectivity index (χ1n) is 8.54. The molecule has 0 radical (unpaired) electrons. The van der Waals surface area contributed by atoms with Crippen LogP contribution in [0.15, 0.2) is 42.0 Å². The fourth-order valence-electron chi connectivity index (χ4n) is 3.51. The van der Waals surface area contributed by atoms with Gasteiger partial charge in [0.15, 0.2) is 29.3 Å². The molecule has 6 heteroatoms. The Morgan fingerprint density at radius 1 is 0.885 bits per heavy atom. The minimum atomic E-state index is -0.819. The van der Waals surface area contributed by atoms with Crippen molar-refractivity contribution in [3.8, 4) is 23.0 Å². The molecule has 26 heavy (non-hydrogen) atoms. The van der Waals surface area contributed by atoms with Gasteiger partial charge in [-0.25, -0.2) is 0 Å². The van der Waals surface area contributed by atoms with E-state index in [0.717, 1.165) is 39.7 Å². The summed E-state index contributed by atoms with van der Waals surface area (Å²) in [6.07, 6.45) is 1.89. The average Bonchev–Trinajstić information content (AvgIpc) is 3.37. The number of benzene rings is 2. The molecule has 3 aliphatic rings. The van der Waals surface area contributed by atoms with Gasteiger partial charge in [-0.1, -0.05) is 18.2 Å². The van der Waals surface area contributed by atoms with Crippen molar-refractivity contribution >= 4 is 6.08 Å². The highest BCUT2D eigenvalue weighted by molar-refractivity contribution is 5.59. The third kappa shape index (κ3) is 2.77. The van der Waals surface area contributed by atoms with Crippen molar-refractivity contribution in [1.29, 1.82) is 0 Å². The summed E-state index contributed by atoms with van der Waals surface area (Å²) >= 11 is 0. The minimum Gasteiger partial charge on any atom is -0.454 e. The Kier molecular flexibility index (Phi) is 3.72. The molecule has 1 fully saturated rings. The Balaban J connectivity index is 1.40. The molecule has 2 aromatic rings. The van der Waals surface area contributed by atoms with E-state index in [1.54, 1.807) is 0 Å². The molecule has 1 saturated heterocycles. The van der Waals surface area contributed by atoms with E-state index in [2.05, 4.69) is 6.08 Å². The number of aliphatic hydroxyl groups excluding tert-OH is 1. The normalized spacial score (nSPS) is 24.4. The highest BCUT2D eigenvalue weighted by Crippen LogP contribution is 2.37. The van der Waals surface area contributed by atoms with Crippen molar-refractivity contribution in [2.75, 3.05) is 20.2 Å². The summed E-state index contributed by atoms with van der Waals surface area (Å²) in [7, 11) is 0. The van der Waals surface area contributed by atoms with Gasteiger partial charge in [0.2, 0.25) is 13.6 Å². The first-order chi connectivity index (χ1) is 12.8. The molecule has 1 N–H and O–H groups in total. The van der Waals surface area contributed by atoms with Gasteiger partial charge in [0.25, 0.3) is 0 Å². The molecular weight excluding hydrogens is 336 g/mol. The Morgan fingerprint density at radius 2 is 1.58 bits per heavy atom. The molecule has 0 amide bonds. The molecule has 3 heterocycles. The van der Waals surface area contributed by atoms with Crippen LogP contribution in [-0.2, 0) is 11.2 Å². The lowest BCUT2D eigenvalue weighted by Gasteiger charge is -2.15. The van der Waals surface area contributed by atoms with Crippen molar-refractivity contribution < 1.29 is 28.8 Å². The van der Waals surface area contributed by atoms with Crippen LogP contribution in [-0.4, -0.2) is 31.6 Å². The van der Waals surface area contributed by atoms with E-state index in [1.165, 1.54) is 0 Å². The van der Waals surface area contributed by atoms with E-state index < -0.39 is 6.29 Å². The average molecular weight is 354 g/mol. The van der Waals surface area contributed by atoms with Gasteiger partial charge in [0.05, 0.1) is 6.61 Å². The molecule has 0 spiro atoms. The van der Waals surface area contributed by atoms with Crippen LogP contribution in [0.2, 0.25) is 0 Å². The van der Waals surface area contributed by atoms with Gasteiger partial charge in [-0.3, -0.25) is 0 Å². The quantitative estimate of drug-likeness (QED) is 0.914. The lowest BCUT2D eigenvalue weighted by atomic mass is 9.92. The molecule has 0 saturated carbocycles. The number of ether oxygens (including phenoxy) is 5. The molecule has 0 bridgehead atoms. The molecule has 5 rings (SSSR count). The summed E-state index contributed by atoms with van der Waals surface area (Å²) in [4.78, 5) is 0. The van der Waals surface area contributed by atoms with Gasteiger partial charge in [-0.05, 0) is 47.4 Å². The van der Waals surface area contributed by atoms with Crippen molar-refractivity contribution in [2.24, 2.45) is 5.92 Å². The van der Waals surface area contributed by atoms with Gasteiger partial charge in [-0.15, -0.1) is 0 Å². The lowest BCUT2D eigenvalue weighted by molar-refractivity contribution is -0.0817. The van der Waals surface area contributed by atoms with Gasteiger partial charge in [-0.2, -0.15) is 0 Å². The molecule has 2 unspecified atom stereocenters. The Bertz CT molecular complexity index is 875. The summed E-state index contributed by atoms with van der Waals surface area (Å²) in [6, 6.07) is 11.7. The van der Waals surface area contributed by atoms with E-state index in [0.29, 0.717) is 13.0 Å². The molecular formula is C20H18O6. The van der Waals surface area contributed by atoms with Crippen LogP contribution in [0.25, 0.3) is 6.08 Å². The third-order valence-electron chi connectivity index (χ3n) is 4.88. The maximum absolute atomic E-state index is 10.3. The Labute approximate surface area is 150 Å². The topological polar surface area (TPSA) is 66.4 Å². The van der Waals surface area contributed by atoms with Gasteiger partial charge < -0.3 is 28.8 Å². The number of rotatable bonds is 3. The SMILES string of the molecule is OC1OC/C(=C\c2ccc3c(c2)OCO3)C1Cc1ccc2c(c1)OCO2. The predicted octanol–water partition coefficient (Wildman–Crippen LogP) is 2.73. The third-order valence-corrected chi connectivity index (χ3v) is 4.88. The van der Waals surface area contributed by atoms with E-state index in [-0.39, 0.29) is 19.5 Å². The Morgan fingerprint density at radius 3 is 2.38 bits per heavy atom. The van der Waals surface area contributed by atoms with Crippen molar-refractivity contribution in [3.05, 3.63) is 53.1 Å². The first kappa shape index (κ1) is 15.5. The van der Waals surface area contributed by atoms with E-state index >= 15 is 0 Å². The van der Waals surface area contributed by atoms with Crippen molar-refractivity contribution in [2.45, 2.75) is 12.7 Å². The number of hydrogen-bond acceptors (Lipinski definition) is 6. The number of aliphatic hydroxyl groups is 1. The molecule has 134 valence electrons. The van der Waals surface area contributed by atoms with Crippen LogP contribution >= 0.6 is 0 Å². The van der Waals surface area contributed by atoms with Crippen molar-refractivity contribution in [3.63, 3.8) is 0 Å². The molecule has 2 aromatic carbocycles. The molecule has 0 aromatic heterocycles. The zero-order valence-corrected chi connectivity index (χ0v) is 14.0. The van der Waals surface area contributed by atoms with Crippen LogP contribution in [0.3, 0.4) is 0 Å². The van der Waals surface area contributed by atoms with E-state index in [1.807, 2.05) is 36.4 Å². The van der Waals surface area contributed by atoms with Crippen LogP contribution in [0.1, 0.15) is 11.1 Å². The second kappa shape index (κ2) is 6.23. The summed E-state index contributed by atoms with van der Waals surface area (Å²) in [5.74, 6) is 2.89. The van der Waals surface area contributed by atoms with E-state index in [9.17, 15) is 5.11 Å². The smallest absolute Gasteiger partial charge is 0.231 e. The highest BCUT2D eigenvalue weighted by Gasteiger charge is 2.31. The zero-order valence-electron chi connectivity index (χ0n) is 14.0. The molecule has 6 nitrogen and oxygen atoms in total. The lowest BCUT2D eigenvalue weighted by Crippen LogP contribution is -2.18. The van der Waals surface area contributed by atoms with Crippen LogP contribution in [0.5, 0.6) is 23.0 Å². The summed E-state index contributed by atoms with van der Waals surface area (Å²) in [6.45, 7) is 0.915. The fraction of sp³-hybridized carbons (Fsp3) is 0.300. The standard InChI is InChI=1S/C20H18O6/c21-20-15(6-13-2-4-17-19(8-13)26-11-24-17)14(9-22-20)5-12-1-3-16-18(7-12)25-10-23-16/h1-5,7-8,15,20-21H,6,9-11H2/b14-5+. The Hall–Kier alpha value is -2.70. The minimum absolute atomic E-state index is 0.110. The number of fused-ring (bicyclic) bond motifs is 2. The molecule has 0 aliphatic carbocycles. The summed E-state index contributed by atoms with van der Waals surface area (Å²) in [5.41, 5.74) is 3.12. The molecule has 3 aliphatic heterocycles. The monoisotopic (exact) mass is 354 g/mol. The predicted molar refractivity (Wildman–Crippen MR) is 92.3 cm³/mol. The maximum atomic E-state index is 10.3. The fourth-order valence-corrected chi connectivity index (χ4v) is 3.51. The second-order valence-corrected chi connectivity index (χ2v) is 6.53. The van der Waals surface area contributed by atoms with Gasteiger partial charge in [0, 0.05) is 5.92 Å². The zero-order chi connectivity index (χ0) is 17.5. The molecule has 2 atom stereocenters. The highest BCUT2D eigenvalue weighted by atomic mass is 16.7. The van der Waals surface area contributed by atoms with Gasteiger partial charge in [0.1, 0.15) is 0 Å². The summed E-state index contributed by atoms with van der Waals surface area (Å²) < 4.78 is 27.1. The van der Waals surface area contributed by atoms with E-state index in [4.69, 9.17) is 23.7 Å². The largest absolute Gasteiger partial charge is 0.454 e. The number of hydrogen-bond donors (Lipinski definition) is 1. The summed E-state index contributed by atoms with van der Waals surface area (Å²) in [5, 5.41) is 10.3. The van der Waals surface area contributed by atoms with Crippen molar-refractivity contribution in [1.82, 2.24) is 0 Å². The second-order valence-electron chi connectivity index (χ2n) is 6.53. The first-order valence-corrected chi connectivity index (χ1v) is 8.54. The maximum Gasteiger partial charge on any atom is 0.231 e. The van der Waals surface area contributed by atoms with Crippen LogP contribution in [0, 0.1) is 5.92 Å². The van der Waals surface area contributed by atoms with Crippen LogP contribution < -0.4 is 18.9 Å². The van der Waals surface area contributed by atoms with Crippen LogP contribution in [0.4, 0.5) is 0 Å². The van der Waals surface area contributed by atoms with Gasteiger partial charge >= 0.3 is 0 Å².